The number of carbonyl (C=O) groups is 1. The summed E-state index contributed by atoms with van der Waals surface area (Å²) in [4.78, 5) is 12.4. The van der Waals surface area contributed by atoms with Crippen LogP contribution in [0.3, 0.4) is 0 Å². The van der Waals surface area contributed by atoms with E-state index in [4.69, 9.17) is 4.74 Å². The van der Waals surface area contributed by atoms with Crippen molar-refractivity contribution in [2.45, 2.75) is 58.0 Å². The summed E-state index contributed by atoms with van der Waals surface area (Å²) in [6, 6.07) is 6.35. The Balaban J connectivity index is 1.78. The van der Waals surface area contributed by atoms with Gasteiger partial charge in [-0.25, -0.2) is 4.39 Å². The molecule has 134 valence electrons. The lowest BCUT2D eigenvalue weighted by Gasteiger charge is -2.28. The Hall–Kier alpha value is -1.42. The van der Waals surface area contributed by atoms with Crippen molar-refractivity contribution in [3.63, 3.8) is 0 Å². The molecule has 0 radical (unpaired) electrons. The smallest absolute Gasteiger partial charge is 0.223 e. The number of ether oxygens (including phenoxy) is 1. The number of hydrogen-bond donors (Lipinski definition) is 1. The minimum Gasteiger partial charge on any atom is -0.375 e. The predicted molar refractivity (Wildman–Crippen MR) is 94.1 cm³/mol. The van der Waals surface area contributed by atoms with Gasteiger partial charge < -0.3 is 10.1 Å². The van der Waals surface area contributed by atoms with Crippen LogP contribution in [-0.2, 0) is 9.53 Å². The van der Waals surface area contributed by atoms with Gasteiger partial charge in [0.15, 0.2) is 0 Å². The van der Waals surface area contributed by atoms with E-state index in [1.807, 2.05) is 6.07 Å². The Morgan fingerprint density at radius 1 is 1.33 bits per heavy atom. The van der Waals surface area contributed by atoms with Crippen molar-refractivity contribution in [2.24, 2.45) is 11.8 Å². The molecule has 24 heavy (non-hydrogen) atoms. The van der Waals surface area contributed by atoms with Crippen molar-refractivity contribution in [2.75, 3.05) is 13.7 Å². The fourth-order valence-electron chi connectivity index (χ4n) is 3.59. The molecule has 1 saturated carbocycles. The Kier molecular flexibility index (Phi) is 7.70. The van der Waals surface area contributed by atoms with Crippen LogP contribution in [0.25, 0.3) is 0 Å². The molecule has 1 unspecified atom stereocenters. The molecule has 1 aliphatic rings. The highest BCUT2D eigenvalue weighted by molar-refractivity contribution is 5.78. The molecule has 1 aromatic carbocycles. The third-order valence-electron chi connectivity index (χ3n) is 5.15. The molecule has 0 spiro atoms. The molecule has 2 rings (SSSR count). The average molecular weight is 335 g/mol. The summed E-state index contributed by atoms with van der Waals surface area (Å²) in [6.07, 6.45) is 7.83. The maximum atomic E-state index is 13.3. The molecular formula is C20H30FNO2. The van der Waals surface area contributed by atoms with Crippen LogP contribution in [0.2, 0.25) is 0 Å². The number of amides is 1. The fraction of sp³-hybridized carbons (Fsp3) is 0.650. The van der Waals surface area contributed by atoms with Crippen LogP contribution >= 0.6 is 0 Å². The maximum Gasteiger partial charge on any atom is 0.223 e. The first-order valence-corrected chi connectivity index (χ1v) is 9.20. The van der Waals surface area contributed by atoms with E-state index in [1.165, 1.54) is 31.4 Å². The summed E-state index contributed by atoms with van der Waals surface area (Å²) in [6.45, 7) is 2.61. The number of hydrogen-bond acceptors (Lipinski definition) is 2. The first kappa shape index (κ1) is 18.9. The highest BCUT2D eigenvalue weighted by Gasteiger charge is 2.26. The van der Waals surface area contributed by atoms with Gasteiger partial charge in [0.2, 0.25) is 5.91 Å². The van der Waals surface area contributed by atoms with Gasteiger partial charge in [0, 0.05) is 19.6 Å². The van der Waals surface area contributed by atoms with Gasteiger partial charge in [-0.15, -0.1) is 0 Å². The van der Waals surface area contributed by atoms with Crippen LogP contribution in [0.15, 0.2) is 24.3 Å². The first-order valence-electron chi connectivity index (χ1n) is 9.20. The number of unbranched alkanes of at least 4 members (excludes halogenated alkanes) is 1. The van der Waals surface area contributed by atoms with E-state index < -0.39 is 0 Å². The van der Waals surface area contributed by atoms with E-state index in [0.29, 0.717) is 6.54 Å². The Labute approximate surface area is 145 Å². The van der Waals surface area contributed by atoms with Gasteiger partial charge in [-0.1, -0.05) is 38.3 Å². The highest BCUT2D eigenvalue weighted by Crippen LogP contribution is 2.32. The molecule has 1 aromatic rings. The van der Waals surface area contributed by atoms with Crippen LogP contribution < -0.4 is 5.32 Å². The van der Waals surface area contributed by atoms with E-state index in [2.05, 4.69) is 12.2 Å². The van der Waals surface area contributed by atoms with Gasteiger partial charge in [0.1, 0.15) is 5.82 Å². The molecule has 1 fully saturated rings. The SMILES string of the molecule is CCCCC1CCC(C(=O)NCC(OC)c2cccc(F)c2)CC1. The van der Waals surface area contributed by atoms with Crippen LogP contribution in [0.4, 0.5) is 4.39 Å². The topological polar surface area (TPSA) is 38.3 Å². The van der Waals surface area contributed by atoms with Crippen molar-refractivity contribution in [1.29, 1.82) is 0 Å². The Morgan fingerprint density at radius 3 is 2.71 bits per heavy atom. The van der Waals surface area contributed by atoms with Crippen molar-refractivity contribution in [3.8, 4) is 0 Å². The van der Waals surface area contributed by atoms with E-state index >= 15 is 0 Å². The normalized spacial score (nSPS) is 22.1. The third-order valence-corrected chi connectivity index (χ3v) is 5.15. The minimum atomic E-state index is -0.314. The molecule has 1 atom stereocenters. The third kappa shape index (κ3) is 5.59. The molecule has 0 bridgehead atoms. The summed E-state index contributed by atoms with van der Waals surface area (Å²) in [5.41, 5.74) is 0.751. The zero-order chi connectivity index (χ0) is 17.4. The van der Waals surface area contributed by atoms with E-state index in [-0.39, 0.29) is 23.7 Å². The van der Waals surface area contributed by atoms with Crippen molar-refractivity contribution < 1.29 is 13.9 Å². The van der Waals surface area contributed by atoms with Crippen LogP contribution in [0, 0.1) is 17.7 Å². The quantitative estimate of drug-likeness (QED) is 0.752. The van der Waals surface area contributed by atoms with Gasteiger partial charge in [0.25, 0.3) is 0 Å². The molecule has 1 amide bonds. The lowest BCUT2D eigenvalue weighted by Crippen LogP contribution is -2.36. The summed E-state index contributed by atoms with van der Waals surface area (Å²) in [7, 11) is 1.58. The summed E-state index contributed by atoms with van der Waals surface area (Å²) < 4.78 is 18.7. The van der Waals surface area contributed by atoms with Gasteiger partial charge in [-0.2, -0.15) is 0 Å². The molecule has 0 aliphatic heterocycles. The van der Waals surface area contributed by atoms with Crippen LogP contribution in [0.1, 0.15) is 63.5 Å². The summed E-state index contributed by atoms with van der Waals surface area (Å²) >= 11 is 0. The van der Waals surface area contributed by atoms with E-state index in [9.17, 15) is 9.18 Å². The number of nitrogens with one attached hydrogen (secondary N) is 1. The number of carbonyl (C=O) groups excluding carboxylic acids is 1. The molecular weight excluding hydrogens is 305 g/mol. The number of halogens is 1. The maximum absolute atomic E-state index is 13.3. The lowest BCUT2D eigenvalue weighted by atomic mass is 9.79. The Bertz CT molecular complexity index is 512. The molecule has 1 aliphatic carbocycles. The monoisotopic (exact) mass is 335 g/mol. The van der Waals surface area contributed by atoms with Gasteiger partial charge >= 0.3 is 0 Å². The predicted octanol–water partition coefficient (Wildman–Crippen LogP) is 4.63. The lowest BCUT2D eigenvalue weighted by molar-refractivity contribution is -0.126. The zero-order valence-electron chi connectivity index (χ0n) is 14.9. The van der Waals surface area contributed by atoms with E-state index in [1.54, 1.807) is 13.2 Å². The summed E-state index contributed by atoms with van der Waals surface area (Å²) in [5.74, 6) is 0.745. The van der Waals surface area contributed by atoms with Crippen molar-refractivity contribution in [3.05, 3.63) is 35.6 Å². The van der Waals surface area contributed by atoms with E-state index in [0.717, 1.165) is 37.2 Å². The van der Waals surface area contributed by atoms with Crippen LogP contribution in [-0.4, -0.2) is 19.6 Å². The van der Waals surface area contributed by atoms with Gasteiger partial charge in [-0.05, 0) is 49.3 Å². The first-order chi connectivity index (χ1) is 11.6. The highest BCUT2D eigenvalue weighted by atomic mass is 19.1. The van der Waals surface area contributed by atoms with Crippen LogP contribution in [0.5, 0.6) is 0 Å². The molecule has 1 N–H and O–H groups in total. The molecule has 3 nitrogen and oxygen atoms in total. The molecule has 0 saturated heterocycles. The average Bonchev–Trinajstić information content (AvgIpc) is 2.61. The van der Waals surface area contributed by atoms with Gasteiger partial charge in [-0.3, -0.25) is 4.79 Å². The number of rotatable bonds is 8. The minimum absolute atomic E-state index is 0.113. The molecule has 4 heteroatoms. The molecule has 0 heterocycles. The summed E-state index contributed by atoms with van der Waals surface area (Å²) in [5, 5.41) is 2.99. The number of methoxy groups -OCH3 is 1. The second-order valence-corrected chi connectivity index (χ2v) is 6.88. The second-order valence-electron chi connectivity index (χ2n) is 6.88. The standard InChI is InChI=1S/C20H30FNO2/c1-3-4-6-15-9-11-16(12-10-15)20(23)22-14-19(24-2)17-7-5-8-18(21)13-17/h5,7-8,13,15-16,19H,3-4,6,9-12,14H2,1-2H3,(H,22,23). The zero-order valence-corrected chi connectivity index (χ0v) is 14.9. The fourth-order valence-corrected chi connectivity index (χ4v) is 3.59. The van der Waals surface area contributed by atoms with Gasteiger partial charge in [0.05, 0.1) is 6.10 Å². The van der Waals surface area contributed by atoms with Crippen molar-refractivity contribution >= 4 is 5.91 Å². The second kappa shape index (κ2) is 9.77. The molecule has 0 aromatic heterocycles. The number of benzene rings is 1. The Morgan fingerprint density at radius 2 is 2.08 bits per heavy atom. The largest absolute Gasteiger partial charge is 0.375 e. The van der Waals surface area contributed by atoms with Crippen molar-refractivity contribution in [1.82, 2.24) is 5.32 Å².